The number of allylic oxidation sites excluding steroid dienone is 4. The first-order chi connectivity index (χ1) is 12.6. The molecule has 0 bridgehead atoms. The summed E-state index contributed by atoms with van der Waals surface area (Å²) in [7, 11) is 0. The van der Waals surface area contributed by atoms with Gasteiger partial charge in [-0.1, -0.05) is 37.1 Å². The second kappa shape index (κ2) is 19.7. The number of hydrogen-bond acceptors (Lipinski definition) is 4. The zero-order valence-corrected chi connectivity index (χ0v) is 16.8. The molecule has 150 valence electrons. The molecule has 26 heavy (non-hydrogen) atoms. The summed E-state index contributed by atoms with van der Waals surface area (Å²) < 4.78 is 9.79. The van der Waals surface area contributed by atoms with Crippen molar-refractivity contribution < 1.29 is 19.1 Å². The van der Waals surface area contributed by atoms with Gasteiger partial charge in [0.25, 0.3) is 0 Å². The topological polar surface area (TPSA) is 52.6 Å². The lowest BCUT2D eigenvalue weighted by molar-refractivity contribution is -0.142. The van der Waals surface area contributed by atoms with Crippen LogP contribution in [-0.4, -0.2) is 25.2 Å². The first-order valence-corrected chi connectivity index (χ1v) is 10.2. The minimum absolute atomic E-state index is 0.183. The van der Waals surface area contributed by atoms with Crippen LogP contribution in [0.4, 0.5) is 0 Å². The maximum atomic E-state index is 10.6. The van der Waals surface area contributed by atoms with Gasteiger partial charge < -0.3 is 9.47 Å². The summed E-state index contributed by atoms with van der Waals surface area (Å²) in [5.74, 6) is -0.378. The highest BCUT2D eigenvalue weighted by Gasteiger charge is 1.93. The molecule has 0 radical (unpaired) electrons. The van der Waals surface area contributed by atoms with E-state index in [4.69, 9.17) is 9.47 Å². The van der Waals surface area contributed by atoms with Crippen molar-refractivity contribution >= 4 is 11.9 Å². The summed E-state index contributed by atoms with van der Waals surface area (Å²) in [4.78, 5) is 21.2. The minimum atomic E-state index is -0.194. The van der Waals surface area contributed by atoms with E-state index in [2.05, 4.69) is 24.3 Å². The molecule has 0 aromatic carbocycles. The molecular weight excluding hydrogens is 328 g/mol. The molecule has 0 aliphatic heterocycles. The Morgan fingerprint density at radius 1 is 0.538 bits per heavy atom. The Hall–Kier alpha value is -1.58. The average molecular weight is 367 g/mol. The predicted octanol–water partition coefficient (Wildman–Crippen LogP) is 5.91. The maximum absolute atomic E-state index is 10.6. The number of ether oxygens (including phenoxy) is 2. The number of hydrogen-bond donors (Lipinski definition) is 0. The number of carbonyl (C=O) groups is 2. The highest BCUT2D eigenvalue weighted by molar-refractivity contribution is 5.66. The van der Waals surface area contributed by atoms with E-state index in [9.17, 15) is 9.59 Å². The van der Waals surface area contributed by atoms with Crippen LogP contribution in [0.25, 0.3) is 0 Å². The molecule has 0 saturated heterocycles. The molecule has 0 heterocycles. The van der Waals surface area contributed by atoms with Crippen molar-refractivity contribution in [2.75, 3.05) is 13.2 Å². The lowest BCUT2D eigenvalue weighted by Crippen LogP contribution is -1.99. The third-order valence-electron chi connectivity index (χ3n) is 3.97. The second-order valence-electron chi connectivity index (χ2n) is 6.61. The van der Waals surface area contributed by atoms with Gasteiger partial charge in [0.2, 0.25) is 0 Å². The molecule has 0 atom stereocenters. The Morgan fingerprint density at radius 3 is 1.31 bits per heavy atom. The molecule has 0 saturated carbocycles. The van der Waals surface area contributed by atoms with Crippen LogP contribution < -0.4 is 0 Å². The smallest absolute Gasteiger partial charge is 0.302 e. The van der Waals surface area contributed by atoms with Gasteiger partial charge in [-0.05, 0) is 64.2 Å². The van der Waals surface area contributed by atoms with E-state index in [0.717, 1.165) is 38.5 Å². The van der Waals surface area contributed by atoms with Crippen LogP contribution in [0.1, 0.15) is 90.9 Å². The Balaban J connectivity index is 3.18. The zero-order chi connectivity index (χ0) is 19.3. The van der Waals surface area contributed by atoms with Crippen molar-refractivity contribution in [3.63, 3.8) is 0 Å². The molecule has 0 aliphatic carbocycles. The molecule has 4 nitrogen and oxygen atoms in total. The molecule has 0 aliphatic rings. The van der Waals surface area contributed by atoms with Crippen molar-refractivity contribution in [1.82, 2.24) is 0 Å². The molecule has 0 amide bonds. The van der Waals surface area contributed by atoms with Crippen LogP contribution in [0, 0.1) is 0 Å². The van der Waals surface area contributed by atoms with Crippen LogP contribution in [0.5, 0.6) is 0 Å². The van der Waals surface area contributed by atoms with Crippen LogP contribution >= 0.6 is 0 Å². The van der Waals surface area contributed by atoms with Gasteiger partial charge in [-0.25, -0.2) is 0 Å². The summed E-state index contributed by atoms with van der Waals surface area (Å²) in [6, 6.07) is 0. The Bertz CT molecular complexity index is 399. The second-order valence-corrected chi connectivity index (χ2v) is 6.61. The first kappa shape index (κ1) is 24.4. The molecule has 0 aromatic heterocycles. The lowest BCUT2D eigenvalue weighted by Gasteiger charge is -2.00. The normalized spacial score (nSPS) is 11.3. The third kappa shape index (κ3) is 22.4. The molecule has 0 rings (SSSR count). The maximum Gasteiger partial charge on any atom is 0.302 e. The summed E-state index contributed by atoms with van der Waals surface area (Å²) in [5, 5.41) is 0. The molecule has 4 heteroatoms. The van der Waals surface area contributed by atoms with Crippen molar-refractivity contribution in [3.8, 4) is 0 Å². The van der Waals surface area contributed by atoms with Gasteiger partial charge in [0.05, 0.1) is 13.2 Å². The third-order valence-corrected chi connectivity index (χ3v) is 3.97. The van der Waals surface area contributed by atoms with E-state index in [1.165, 1.54) is 52.4 Å². The minimum Gasteiger partial charge on any atom is -0.466 e. The Morgan fingerprint density at radius 2 is 0.885 bits per heavy atom. The predicted molar refractivity (Wildman–Crippen MR) is 107 cm³/mol. The van der Waals surface area contributed by atoms with Crippen LogP contribution in [0.2, 0.25) is 0 Å². The molecule has 0 aromatic rings. The Kier molecular flexibility index (Phi) is 18.5. The summed E-state index contributed by atoms with van der Waals surface area (Å²) in [6.07, 6.45) is 22.8. The van der Waals surface area contributed by atoms with E-state index < -0.39 is 0 Å². The van der Waals surface area contributed by atoms with Gasteiger partial charge >= 0.3 is 11.9 Å². The number of rotatable bonds is 17. The van der Waals surface area contributed by atoms with Crippen LogP contribution in [-0.2, 0) is 19.1 Å². The van der Waals surface area contributed by atoms with Crippen LogP contribution in [0.15, 0.2) is 24.3 Å². The van der Waals surface area contributed by atoms with E-state index in [1.54, 1.807) is 0 Å². The quantitative estimate of drug-likeness (QED) is 0.182. The molecule has 0 N–H and O–H groups in total. The molecular formula is C22H38O4. The highest BCUT2D eigenvalue weighted by Crippen LogP contribution is 2.08. The summed E-state index contributed by atoms with van der Waals surface area (Å²) in [6.45, 7) is 3.99. The van der Waals surface area contributed by atoms with Crippen molar-refractivity contribution in [1.29, 1.82) is 0 Å². The molecule has 0 fully saturated rings. The van der Waals surface area contributed by atoms with Gasteiger partial charge in [-0.15, -0.1) is 0 Å². The molecule has 0 spiro atoms. The lowest BCUT2D eigenvalue weighted by atomic mass is 10.1. The monoisotopic (exact) mass is 366 g/mol. The highest BCUT2D eigenvalue weighted by atomic mass is 16.5. The van der Waals surface area contributed by atoms with Gasteiger partial charge in [-0.3, -0.25) is 9.59 Å². The van der Waals surface area contributed by atoms with E-state index in [-0.39, 0.29) is 11.9 Å². The van der Waals surface area contributed by atoms with E-state index in [0.29, 0.717) is 13.2 Å². The van der Waals surface area contributed by atoms with Crippen LogP contribution in [0.3, 0.4) is 0 Å². The number of unbranched alkanes of at least 4 members (excludes halogenated alkanes) is 9. The zero-order valence-electron chi connectivity index (χ0n) is 16.8. The first-order valence-electron chi connectivity index (χ1n) is 10.2. The number of esters is 2. The van der Waals surface area contributed by atoms with Gasteiger partial charge in [0, 0.05) is 13.8 Å². The fourth-order valence-electron chi connectivity index (χ4n) is 2.52. The van der Waals surface area contributed by atoms with Crippen molar-refractivity contribution in [2.24, 2.45) is 0 Å². The standard InChI is InChI=1S/C22H38O4/c1-21(23)25-19-17-15-13-11-9-7-5-3-4-6-8-10-12-14-16-18-20-26-22(2)24/h7,9,12,14H,3-6,8,10-11,13,15-20H2,1-2H3. The summed E-state index contributed by atoms with van der Waals surface area (Å²) >= 11 is 0. The van der Waals surface area contributed by atoms with E-state index >= 15 is 0 Å². The fourth-order valence-corrected chi connectivity index (χ4v) is 2.52. The fraction of sp³-hybridized carbons (Fsp3) is 0.727. The van der Waals surface area contributed by atoms with Gasteiger partial charge in [-0.2, -0.15) is 0 Å². The largest absolute Gasteiger partial charge is 0.466 e. The SMILES string of the molecule is CC(=O)OCCCC=CCCCCCCC=CCCCCCOC(C)=O. The van der Waals surface area contributed by atoms with Gasteiger partial charge in [0.15, 0.2) is 0 Å². The summed E-state index contributed by atoms with van der Waals surface area (Å²) in [5.41, 5.74) is 0. The Labute approximate surface area is 160 Å². The van der Waals surface area contributed by atoms with Crippen molar-refractivity contribution in [2.45, 2.75) is 90.9 Å². The number of carbonyl (C=O) groups excluding carboxylic acids is 2. The van der Waals surface area contributed by atoms with Crippen molar-refractivity contribution in [3.05, 3.63) is 24.3 Å². The molecule has 0 unspecified atom stereocenters. The average Bonchev–Trinajstić information content (AvgIpc) is 2.59. The van der Waals surface area contributed by atoms with E-state index in [1.807, 2.05) is 0 Å². The van der Waals surface area contributed by atoms with Gasteiger partial charge in [0.1, 0.15) is 0 Å².